The van der Waals surface area contributed by atoms with Gasteiger partial charge in [-0.15, -0.1) is 11.8 Å². The number of rotatable bonds is 10. The van der Waals surface area contributed by atoms with Crippen molar-refractivity contribution in [2.75, 3.05) is 5.75 Å². The van der Waals surface area contributed by atoms with Gasteiger partial charge in [-0.3, -0.25) is 4.79 Å². The molecule has 2 aliphatic rings. The van der Waals surface area contributed by atoms with E-state index in [9.17, 15) is 4.79 Å². The van der Waals surface area contributed by atoms with Crippen LogP contribution in [0.2, 0.25) is 0 Å². The number of nitrogens with zero attached hydrogens (tertiary/aromatic N) is 1. The minimum atomic E-state index is 0.198. The van der Waals surface area contributed by atoms with Crippen molar-refractivity contribution in [2.24, 2.45) is 0 Å². The number of carbonyl (C=O) groups excluding carboxylic acids is 1. The fourth-order valence-electron chi connectivity index (χ4n) is 4.17. The molecule has 0 unspecified atom stereocenters. The molecule has 0 aromatic rings. The molecule has 0 radical (unpaired) electrons. The van der Waals surface area contributed by atoms with Gasteiger partial charge in [0.2, 0.25) is 0 Å². The molecule has 0 aliphatic heterocycles. The van der Waals surface area contributed by atoms with Crippen LogP contribution in [0.1, 0.15) is 78.1 Å². The molecule has 2 aliphatic carbocycles. The van der Waals surface area contributed by atoms with E-state index in [-0.39, 0.29) is 5.78 Å². The summed E-state index contributed by atoms with van der Waals surface area (Å²) in [7, 11) is 0. The molecule has 0 saturated heterocycles. The van der Waals surface area contributed by atoms with Crippen molar-refractivity contribution in [1.82, 2.24) is 10.2 Å². The second kappa shape index (κ2) is 11.9. The zero-order valence-electron chi connectivity index (χ0n) is 17.1. The molecule has 0 atom stereocenters. The molecule has 2 saturated carbocycles. The van der Waals surface area contributed by atoms with Crippen molar-refractivity contribution in [3.63, 3.8) is 0 Å². The van der Waals surface area contributed by atoms with Gasteiger partial charge in [-0.2, -0.15) is 0 Å². The molecule has 0 heterocycles. The van der Waals surface area contributed by atoms with E-state index in [1.807, 2.05) is 13.0 Å². The highest BCUT2D eigenvalue weighted by Gasteiger charge is 2.29. The van der Waals surface area contributed by atoms with E-state index in [2.05, 4.69) is 23.4 Å². The summed E-state index contributed by atoms with van der Waals surface area (Å²) in [6.45, 7) is 12.3. The number of allylic oxidation sites excluding steroid dienone is 1. The summed E-state index contributed by atoms with van der Waals surface area (Å²) in [4.78, 5) is 13.9. The second-order valence-corrected chi connectivity index (χ2v) is 10.1. The lowest BCUT2D eigenvalue weighted by molar-refractivity contribution is -0.114. The minimum absolute atomic E-state index is 0.198. The van der Waals surface area contributed by atoms with E-state index in [0.29, 0.717) is 17.8 Å². The molecule has 3 nitrogen and oxygen atoms in total. The van der Waals surface area contributed by atoms with Crippen LogP contribution in [0.15, 0.2) is 34.3 Å². The first-order valence-electron chi connectivity index (χ1n) is 10.4. The van der Waals surface area contributed by atoms with Gasteiger partial charge in [-0.25, -0.2) is 0 Å². The van der Waals surface area contributed by atoms with Crippen molar-refractivity contribution in [3.8, 4) is 0 Å². The number of ketones is 1. The smallest absolute Gasteiger partial charge is 0.140 e. The Bertz CT molecular complexity index is 529. The summed E-state index contributed by atoms with van der Waals surface area (Å²) < 4.78 is 1.11. The Hall–Kier alpha value is -0.810. The molecular weight excluding hydrogens is 372 g/mol. The van der Waals surface area contributed by atoms with E-state index in [1.165, 1.54) is 64.2 Å². The molecule has 0 bridgehead atoms. The molecule has 1 N–H and O–H groups in total. The van der Waals surface area contributed by atoms with Crippen LogP contribution in [-0.2, 0) is 4.79 Å². The lowest BCUT2D eigenvalue weighted by Crippen LogP contribution is -2.47. The summed E-state index contributed by atoms with van der Waals surface area (Å²) in [6, 6.07) is 1.24. The fraction of sp³-hybridized carbons (Fsp3) is 0.682. The number of hydrogen-bond donors (Lipinski definition) is 1. The van der Waals surface area contributed by atoms with Gasteiger partial charge in [0, 0.05) is 16.3 Å². The van der Waals surface area contributed by atoms with Crippen LogP contribution in [0, 0.1) is 0 Å². The van der Waals surface area contributed by atoms with E-state index >= 15 is 0 Å². The van der Waals surface area contributed by atoms with Crippen molar-refractivity contribution in [1.29, 1.82) is 0 Å². The molecule has 5 heteroatoms. The maximum atomic E-state index is 11.3. The van der Waals surface area contributed by atoms with E-state index < -0.39 is 0 Å². The fourth-order valence-corrected chi connectivity index (χ4v) is 5.93. The van der Waals surface area contributed by atoms with Crippen molar-refractivity contribution >= 4 is 29.3 Å². The Balaban J connectivity index is 1.96. The summed E-state index contributed by atoms with van der Waals surface area (Å²) in [5.74, 6) is 1.72. The van der Waals surface area contributed by atoms with Crippen LogP contribution in [0.25, 0.3) is 0 Å². The van der Waals surface area contributed by atoms with Crippen LogP contribution in [0.5, 0.6) is 0 Å². The van der Waals surface area contributed by atoms with Gasteiger partial charge in [0.25, 0.3) is 0 Å². The maximum Gasteiger partial charge on any atom is 0.140 e. The monoisotopic (exact) mass is 408 g/mol. The zero-order valence-corrected chi connectivity index (χ0v) is 18.7. The highest BCUT2D eigenvalue weighted by Crippen LogP contribution is 2.35. The third-order valence-corrected chi connectivity index (χ3v) is 7.87. The standard InChI is InChI=1S/C22H36N2OS2/c1-5-22(26-16-17(2)25)27-19(4)23-18(3)24(20-12-8-6-9-13-20)21-14-10-7-11-15-21/h5,20-21,23H,3-4,6-16H2,1-2H3/b22-5-. The van der Waals surface area contributed by atoms with Crippen LogP contribution >= 0.6 is 23.5 Å². The quantitative estimate of drug-likeness (QED) is 0.452. The molecule has 2 rings (SSSR count). The SMILES string of the molecule is C=C(NC(=C)N(C1CCCCC1)C1CCCCC1)S/C(=C\C)SCC(C)=O. The van der Waals surface area contributed by atoms with E-state index in [1.54, 1.807) is 30.4 Å². The minimum Gasteiger partial charge on any atom is -0.353 e. The average molecular weight is 409 g/mol. The molecule has 0 amide bonds. The Morgan fingerprint density at radius 1 is 1.04 bits per heavy atom. The lowest BCUT2D eigenvalue weighted by atomic mass is 9.88. The molecule has 0 aromatic heterocycles. The first-order chi connectivity index (χ1) is 13.0. The van der Waals surface area contributed by atoms with Crippen LogP contribution in [-0.4, -0.2) is 28.5 Å². The summed E-state index contributed by atoms with van der Waals surface area (Å²) in [6.07, 6.45) is 15.3. The van der Waals surface area contributed by atoms with Crippen molar-refractivity contribution in [3.05, 3.63) is 34.3 Å². The lowest BCUT2D eigenvalue weighted by Gasteiger charge is -2.44. The van der Waals surface area contributed by atoms with Gasteiger partial charge in [-0.05, 0) is 39.5 Å². The van der Waals surface area contributed by atoms with Gasteiger partial charge in [0.15, 0.2) is 0 Å². The highest BCUT2D eigenvalue weighted by atomic mass is 32.2. The van der Waals surface area contributed by atoms with Gasteiger partial charge in [0.05, 0.1) is 16.6 Å². The topological polar surface area (TPSA) is 32.3 Å². The van der Waals surface area contributed by atoms with Crippen LogP contribution < -0.4 is 5.32 Å². The summed E-state index contributed by atoms with van der Waals surface area (Å²) >= 11 is 3.18. The third kappa shape index (κ3) is 7.61. The largest absolute Gasteiger partial charge is 0.353 e. The van der Waals surface area contributed by atoms with Crippen molar-refractivity contribution < 1.29 is 4.79 Å². The third-order valence-electron chi connectivity index (χ3n) is 5.41. The molecule has 152 valence electrons. The Morgan fingerprint density at radius 3 is 2.00 bits per heavy atom. The average Bonchev–Trinajstić information content (AvgIpc) is 2.66. The number of thioether (sulfide) groups is 2. The molecule has 27 heavy (non-hydrogen) atoms. The molecular formula is C22H36N2OS2. The van der Waals surface area contributed by atoms with Gasteiger partial charge < -0.3 is 10.2 Å². The molecule has 0 aromatic carbocycles. The second-order valence-electron chi connectivity index (χ2n) is 7.69. The van der Waals surface area contributed by atoms with Crippen LogP contribution in [0.3, 0.4) is 0 Å². The first-order valence-corrected chi connectivity index (χ1v) is 12.2. The Morgan fingerprint density at radius 2 is 1.56 bits per heavy atom. The van der Waals surface area contributed by atoms with E-state index in [4.69, 9.17) is 0 Å². The predicted octanol–water partition coefficient (Wildman–Crippen LogP) is 6.40. The molecule has 0 spiro atoms. The van der Waals surface area contributed by atoms with Crippen LogP contribution in [0.4, 0.5) is 0 Å². The summed E-state index contributed by atoms with van der Waals surface area (Å²) in [5, 5.41) is 4.38. The first kappa shape index (κ1) is 22.5. The number of nitrogens with one attached hydrogen (secondary N) is 1. The number of carbonyl (C=O) groups is 1. The predicted molar refractivity (Wildman–Crippen MR) is 121 cm³/mol. The normalized spacial score (nSPS) is 19.6. The van der Waals surface area contributed by atoms with Crippen molar-refractivity contribution in [2.45, 2.75) is 90.1 Å². The highest BCUT2D eigenvalue weighted by molar-refractivity contribution is 8.24. The molecule has 2 fully saturated rings. The Kier molecular flexibility index (Phi) is 9.91. The maximum absolute atomic E-state index is 11.3. The Labute approximate surface area is 174 Å². The van der Waals surface area contributed by atoms with E-state index in [0.717, 1.165) is 15.1 Å². The summed E-state index contributed by atoms with van der Waals surface area (Å²) in [5.41, 5.74) is 0. The number of hydrogen-bond acceptors (Lipinski definition) is 5. The van der Waals surface area contributed by atoms with Gasteiger partial charge in [0.1, 0.15) is 5.78 Å². The van der Waals surface area contributed by atoms with Gasteiger partial charge in [-0.1, -0.05) is 69.5 Å². The zero-order chi connectivity index (χ0) is 19.6. The number of Topliss-reactive ketones (excluding diaryl/α,β-unsaturated/α-hetero) is 1. The van der Waals surface area contributed by atoms with Gasteiger partial charge >= 0.3 is 0 Å².